The highest BCUT2D eigenvalue weighted by Crippen LogP contribution is 2.27. The molecule has 1 heterocycles. The van der Waals surface area contributed by atoms with E-state index in [0.717, 1.165) is 33.8 Å². The predicted molar refractivity (Wildman–Crippen MR) is 70.9 cm³/mol. The van der Waals surface area contributed by atoms with Gasteiger partial charge in [-0.25, -0.2) is 0 Å². The van der Waals surface area contributed by atoms with Crippen LogP contribution in [0.2, 0.25) is 5.02 Å². The third kappa shape index (κ3) is 2.35. The van der Waals surface area contributed by atoms with E-state index in [1.165, 1.54) is 0 Å². The molecule has 2 rings (SSSR count). The molecular formula is C13H16ClN3. The van der Waals surface area contributed by atoms with Crippen LogP contribution in [-0.4, -0.2) is 9.78 Å². The normalized spacial score (nSPS) is 10.8. The van der Waals surface area contributed by atoms with Crippen molar-refractivity contribution in [3.8, 4) is 11.1 Å². The van der Waals surface area contributed by atoms with Crippen LogP contribution in [0.3, 0.4) is 0 Å². The molecule has 0 saturated carbocycles. The third-order valence-corrected chi connectivity index (χ3v) is 3.19. The fraction of sp³-hybridized carbons (Fsp3) is 0.308. The maximum absolute atomic E-state index is 6.06. The molecule has 0 atom stereocenters. The number of aromatic nitrogens is 2. The summed E-state index contributed by atoms with van der Waals surface area (Å²) in [5, 5.41) is 5.16. The van der Waals surface area contributed by atoms with E-state index in [0.29, 0.717) is 6.54 Å². The van der Waals surface area contributed by atoms with Gasteiger partial charge in [0, 0.05) is 30.4 Å². The number of hydrogen-bond donors (Lipinski definition) is 1. The van der Waals surface area contributed by atoms with Gasteiger partial charge in [0.1, 0.15) is 0 Å². The molecular weight excluding hydrogens is 234 g/mol. The van der Waals surface area contributed by atoms with Crippen molar-refractivity contribution in [1.29, 1.82) is 0 Å². The molecule has 2 aromatic rings. The Bertz CT molecular complexity index is 531. The van der Waals surface area contributed by atoms with E-state index in [4.69, 9.17) is 17.3 Å². The molecule has 0 radical (unpaired) electrons. The van der Waals surface area contributed by atoms with Gasteiger partial charge in [0.2, 0.25) is 0 Å². The Morgan fingerprint density at radius 1 is 1.41 bits per heavy atom. The zero-order chi connectivity index (χ0) is 12.4. The number of rotatable bonds is 3. The second-order valence-corrected chi connectivity index (χ2v) is 4.43. The highest BCUT2D eigenvalue weighted by atomic mass is 35.5. The van der Waals surface area contributed by atoms with E-state index >= 15 is 0 Å². The number of halogens is 1. The number of nitrogens with two attached hydrogens (primary N) is 1. The summed E-state index contributed by atoms with van der Waals surface area (Å²) in [5.41, 5.74) is 10.0. The summed E-state index contributed by atoms with van der Waals surface area (Å²) in [7, 11) is 1.93. The molecule has 0 unspecified atom stereocenters. The molecule has 0 aliphatic heterocycles. The number of nitrogens with zero attached hydrogens (tertiary/aromatic N) is 2. The van der Waals surface area contributed by atoms with Crippen molar-refractivity contribution in [3.63, 3.8) is 0 Å². The Morgan fingerprint density at radius 3 is 2.82 bits per heavy atom. The van der Waals surface area contributed by atoms with Crippen LogP contribution in [0, 0.1) is 0 Å². The maximum atomic E-state index is 6.06. The van der Waals surface area contributed by atoms with Gasteiger partial charge in [0.05, 0.1) is 5.69 Å². The minimum Gasteiger partial charge on any atom is -0.326 e. The molecule has 0 aliphatic carbocycles. The van der Waals surface area contributed by atoms with Crippen LogP contribution in [0.25, 0.3) is 11.1 Å². The first-order chi connectivity index (χ1) is 8.15. The largest absolute Gasteiger partial charge is 0.326 e. The summed E-state index contributed by atoms with van der Waals surface area (Å²) >= 11 is 6.06. The number of aryl methyl sites for hydroxylation is 2. The average molecular weight is 250 g/mol. The van der Waals surface area contributed by atoms with E-state index in [-0.39, 0.29) is 0 Å². The zero-order valence-corrected chi connectivity index (χ0v) is 10.8. The SMILES string of the molecule is CCc1nn(C)cc1-c1ccc(Cl)c(CN)c1. The van der Waals surface area contributed by atoms with Crippen molar-refractivity contribution in [2.75, 3.05) is 0 Å². The van der Waals surface area contributed by atoms with Crippen LogP contribution in [0.4, 0.5) is 0 Å². The molecule has 0 fully saturated rings. The lowest BCUT2D eigenvalue weighted by Gasteiger charge is -2.05. The summed E-state index contributed by atoms with van der Waals surface area (Å²) in [6.07, 6.45) is 2.94. The maximum Gasteiger partial charge on any atom is 0.0700 e. The lowest BCUT2D eigenvalue weighted by Crippen LogP contribution is -1.97. The summed E-state index contributed by atoms with van der Waals surface area (Å²) in [6.45, 7) is 2.56. The van der Waals surface area contributed by atoms with Crippen molar-refractivity contribution in [2.45, 2.75) is 19.9 Å². The van der Waals surface area contributed by atoms with Crippen LogP contribution in [0.5, 0.6) is 0 Å². The first kappa shape index (κ1) is 12.1. The summed E-state index contributed by atoms with van der Waals surface area (Å²) in [6, 6.07) is 5.95. The van der Waals surface area contributed by atoms with Gasteiger partial charge in [-0.15, -0.1) is 0 Å². The van der Waals surface area contributed by atoms with Gasteiger partial charge in [0.25, 0.3) is 0 Å². The zero-order valence-electron chi connectivity index (χ0n) is 10.1. The summed E-state index contributed by atoms with van der Waals surface area (Å²) < 4.78 is 1.84. The van der Waals surface area contributed by atoms with Crippen molar-refractivity contribution < 1.29 is 0 Å². The molecule has 0 saturated heterocycles. The minimum absolute atomic E-state index is 0.453. The highest BCUT2D eigenvalue weighted by molar-refractivity contribution is 6.31. The lowest BCUT2D eigenvalue weighted by atomic mass is 10.0. The summed E-state index contributed by atoms with van der Waals surface area (Å²) in [5.74, 6) is 0. The molecule has 3 nitrogen and oxygen atoms in total. The molecule has 4 heteroatoms. The smallest absolute Gasteiger partial charge is 0.0700 e. The van der Waals surface area contributed by atoms with Crippen molar-refractivity contribution in [2.24, 2.45) is 12.8 Å². The van der Waals surface area contributed by atoms with Gasteiger partial charge in [-0.1, -0.05) is 24.6 Å². The molecule has 0 amide bonds. The monoisotopic (exact) mass is 249 g/mol. The van der Waals surface area contributed by atoms with Gasteiger partial charge in [-0.05, 0) is 29.7 Å². The molecule has 0 aliphatic rings. The molecule has 2 N–H and O–H groups in total. The second-order valence-electron chi connectivity index (χ2n) is 4.03. The molecule has 1 aromatic heterocycles. The molecule has 1 aromatic carbocycles. The van der Waals surface area contributed by atoms with E-state index in [1.54, 1.807) is 0 Å². The predicted octanol–water partition coefficient (Wildman–Crippen LogP) is 2.76. The number of hydrogen-bond acceptors (Lipinski definition) is 2. The van der Waals surface area contributed by atoms with Crippen LogP contribution >= 0.6 is 11.6 Å². The van der Waals surface area contributed by atoms with E-state index in [1.807, 2.05) is 36.1 Å². The topological polar surface area (TPSA) is 43.8 Å². The highest BCUT2D eigenvalue weighted by Gasteiger charge is 2.09. The summed E-state index contributed by atoms with van der Waals surface area (Å²) in [4.78, 5) is 0. The van der Waals surface area contributed by atoms with Crippen LogP contribution in [-0.2, 0) is 20.0 Å². The van der Waals surface area contributed by atoms with Crippen LogP contribution in [0.1, 0.15) is 18.2 Å². The van der Waals surface area contributed by atoms with Crippen molar-refractivity contribution >= 4 is 11.6 Å². The van der Waals surface area contributed by atoms with Gasteiger partial charge in [-0.2, -0.15) is 5.10 Å². The van der Waals surface area contributed by atoms with Gasteiger partial charge in [0.15, 0.2) is 0 Å². The first-order valence-electron chi connectivity index (χ1n) is 5.67. The minimum atomic E-state index is 0.453. The van der Waals surface area contributed by atoms with E-state index < -0.39 is 0 Å². The van der Waals surface area contributed by atoms with Crippen molar-refractivity contribution in [1.82, 2.24) is 9.78 Å². The Balaban J connectivity index is 2.52. The van der Waals surface area contributed by atoms with Gasteiger partial charge in [-0.3, -0.25) is 4.68 Å². The second kappa shape index (κ2) is 4.90. The fourth-order valence-electron chi connectivity index (χ4n) is 1.94. The Morgan fingerprint density at radius 2 is 2.18 bits per heavy atom. The molecule has 0 spiro atoms. The van der Waals surface area contributed by atoms with E-state index in [2.05, 4.69) is 12.0 Å². The van der Waals surface area contributed by atoms with E-state index in [9.17, 15) is 0 Å². The van der Waals surface area contributed by atoms with Crippen molar-refractivity contribution in [3.05, 3.63) is 40.7 Å². The number of benzene rings is 1. The Kier molecular flexibility index (Phi) is 3.50. The van der Waals surface area contributed by atoms with Gasteiger partial charge >= 0.3 is 0 Å². The molecule has 90 valence electrons. The lowest BCUT2D eigenvalue weighted by molar-refractivity contribution is 0.746. The first-order valence-corrected chi connectivity index (χ1v) is 6.05. The third-order valence-electron chi connectivity index (χ3n) is 2.82. The average Bonchev–Trinajstić information content (AvgIpc) is 2.71. The van der Waals surface area contributed by atoms with Crippen LogP contribution < -0.4 is 5.73 Å². The molecule has 0 bridgehead atoms. The molecule has 17 heavy (non-hydrogen) atoms. The Labute approximate surface area is 106 Å². The van der Waals surface area contributed by atoms with Crippen LogP contribution in [0.15, 0.2) is 24.4 Å². The fourth-order valence-corrected chi connectivity index (χ4v) is 2.13. The van der Waals surface area contributed by atoms with Gasteiger partial charge < -0.3 is 5.73 Å². The Hall–Kier alpha value is -1.32. The quantitative estimate of drug-likeness (QED) is 0.909. The standard InChI is InChI=1S/C13H16ClN3/c1-3-13-11(8-17(2)16-13)9-4-5-12(14)10(6-9)7-15/h4-6,8H,3,7,15H2,1-2H3.